The smallest absolute Gasteiger partial charge is 0.142 e. The quantitative estimate of drug-likeness (QED) is 0.824. The van der Waals surface area contributed by atoms with Gasteiger partial charge >= 0.3 is 0 Å². The molecule has 1 aliphatic heterocycles. The summed E-state index contributed by atoms with van der Waals surface area (Å²) in [7, 11) is 0. The highest BCUT2D eigenvalue weighted by Crippen LogP contribution is 2.22. The van der Waals surface area contributed by atoms with Gasteiger partial charge in [-0.25, -0.2) is 0 Å². The molecule has 3 nitrogen and oxygen atoms in total. The van der Waals surface area contributed by atoms with Crippen molar-refractivity contribution in [1.29, 1.82) is 0 Å². The summed E-state index contributed by atoms with van der Waals surface area (Å²) >= 11 is 0. The summed E-state index contributed by atoms with van der Waals surface area (Å²) in [5.41, 5.74) is -0.195. The molecule has 4 heteroatoms. The molecule has 0 unspecified atom stereocenters. The summed E-state index contributed by atoms with van der Waals surface area (Å²) in [6.45, 7) is 8.07. The molecule has 0 spiro atoms. The molecule has 1 aromatic carbocycles. The van der Waals surface area contributed by atoms with Gasteiger partial charge in [0.25, 0.3) is 0 Å². The molecule has 2 rings (SSSR count). The lowest BCUT2D eigenvalue weighted by molar-refractivity contribution is 0.129. The Kier molecular flexibility index (Phi) is 4.86. The molecule has 0 aliphatic carbocycles. The Labute approximate surface area is 120 Å². The van der Waals surface area contributed by atoms with E-state index in [1.807, 2.05) is 45.0 Å². The minimum absolute atomic E-state index is 0.182. The summed E-state index contributed by atoms with van der Waals surface area (Å²) < 4.78 is 24.0. The fourth-order valence-corrected chi connectivity index (χ4v) is 2.28. The molecule has 0 radical (unpaired) electrons. The maximum atomic E-state index is 12.5. The Morgan fingerprint density at radius 2 is 1.85 bits per heavy atom. The maximum Gasteiger partial charge on any atom is 0.142 e. The molecule has 20 heavy (non-hydrogen) atoms. The van der Waals surface area contributed by atoms with Crippen LogP contribution in [0.4, 0.5) is 4.39 Å². The fourth-order valence-electron chi connectivity index (χ4n) is 2.28. The van der Waals surface area contributed by atoms with E-state index in [4.69, 9.17) is 9.47 Å². The number of alkyl halides is 1. The Balaban J connectivity index is 1.79. The van der Waals surface area contributed by atoms with Crippen LogP contribution >= 0.6 is 0 Å². The van der Waals surface area contributed by atoms with Crippen molar-refractivity contribution in [3.8, 4) is 11.5 Å². The van der Waals surface area contributed by atoms with E-state index in [9.17, 15) is 4.39 Å². The molecule has 0 amide bonds. The van der Waals surface area contributed by atoms with Crippen LogP contribution in [0.2, 0.25) is 0 Å². The monoisotopic (exact) mass is 281 g/mol. The van der Waals surface area contributed by atoms with Crippen molar-refractivity contribution < 1.29 is 13.9 Å². The average molecular weight is 281 g/mol. The second-order valence-electron chi connectivity index (χ2n) is 6.35. The fraction of sp³-hybridized carbons (Fsp3) is 0.625. The van der Waals surface area contributed by atoms with Gasteiger partial charge in [-0.15, -0.1) is 0 Å². The highest BCUT2D eigenvalue weighted by atomic mass is 19.1. The Hall–Kier alpha value is -1.29. The summed E-state index contributed by atoms with van der Waals surface area (Å²) in [4.78, 5) is 2.14. The van der Waals surface area contributed by atoms with E-state index in [0.29, 0.717) is 6.73 Å². The van der Waals surface area contributed by atoms with Crippen molar-refractivity contribution in [3.63, 3.8) is 0 Å². The van der Waals surface area contributed by atoms with Gasteiger partial charge in [0.1, 0.15) is 23.8 Å². The molecule has 1 heterocycles. The van der Waals surface area contributed by atoms with Gasteiger partial charge < -0.3 is 9.47 Å². The van der Waals surface area contributed by atoms with E-state index in [1.165, 1.54) is 0 Å². The molecule has 0 bridgehead atoms. The minimum atomic E-state index is -0.227. The number of hydrogen-bond donors (Lipinski definition) is 0. The molecular formula is C16H24FNO2. The predicted molar refractivity (Wildman–Crippen MR) is 78.0 cm³/mol. The van der Waals surface area contributed by atoms with E-state index in [-0.39, 0.29) is 18.2 Å². The van der Waals surface area contributed by atoms with Crippen molar-refractivity contribution in [3.05, 3.63) is 24.3 Å². The lowest BCUT2D eigenvalue weighted by Gasteiger charge is -2.21. The van der Waals surface area contributed by atoms with Crippen molar-refractivity contribution >= 4 is 0 Å². The van der Waals surface area contributed by atoms with Crippen LogP contribution in [0.5, 0.6) is 11.5 Å². The molecule has 1 atom stereocenters. The summed E-state index contributed by atoms with van der Waals surface area (Å²) in [5.74, 6) is 1.83. The summed E-state index contributed by atoms with van der Waals surface area (Å²) in [6.07, 6.45) is 0.929. The summed E-state index contributed by atoms with van der Waals surface area (Å²) in [5, 5.41) is 0. The van der Waals surface area contributed by atoms with Crippen molar-refractivity contribution in [2.45, 2.75) is 32.8 Å². The van der Waals surface area contributed by atoms with Gasteiger partial charge in [0.15, 0.2) is 0 Å². The van der Waals surface area contributed by atoms with Gasteiger partial charge in [-0.2, -0.15) is 0 Å². The first-order chi connectivity index (χ1) is 9.46. The Morgan fingerprint density at radius 3 is 2.40 bits per heavy atom. The van der Waals surface area contributed by atoms with E-state index < -0.39 is 0 Å². The number of benzene rings is 1. The third kappa shape index (κ3) is 4.67. The van der Waals surface area contributed by atoms with Gasteiger partial charge in [0.05, 0.1) is 6.67 Å². The molecule has 1 aliphatic rings. The molecule has 0 aromatic heterocycles. The lowest BCUT2D eigenvalue weighted by Crippen LogP contribution is -2.26. The maximum absolute atomic E-state index is 12.5. The first-order valence-electron chi connectivity index (χ1n) is 7.16. The van der Waals surface area contributed by atoms with Gasteiger partial charge in [0, 0.05) is 19.0 Å². The van der Waals surface area contributed by atoms with Crippen LogP contribution in [0.25, 0.3) is 0 Å². The largest absolute Gasteiger partial charge is 0.488 e. The molecule has 1 fully saturated rings. The van der Waals surface area contributed by atoms with Crippen LogP contribution in [0.3, 0.4) is 0 Å². The Morgan fingerprint density at radius 1 is 1.20 bits per heavy atom. The number of likely N-dealkylation sites (tertiary alicyclic amines) is 1. The number of rotatable bonds is 5. The molecule has 0 saturated carbocycles. The second-order valence-corrected chi connectivity index (χ2v) is 6.35. The van der Waals surface area contributed by atoms with Gasteiger partial charge in [-0.1, -0.05) is 0 Å². The van der Waals surface area contributed by atoms with Crippen molar-refractivity contribution in [2.75, 3.05) is 26.5 Å². The van der Waals surface area contributed by atoms with E-state index in [2.05, 4.69) is 4.90 Å². The van der Waals surface area contributed by atoms with Gasteiger partial charge in [-0.3, -0.25) is 9.29 Å². The number of nitrogens with zero attached hydrogens (tertiary/aromatic N) is 1. The van der Waals surface area contributed by atoms with Crippen molar-refractivity contribution in [2.24, 2.45) is 5.92 Å². The Bertz CT molecular complexity index is 413. The van der Waals surface area contributed by atoms with E-state index >= 15 is 0 Å². The molecule has 1 saturated heterocycles. The zero-order valence-electron chi connectivity index (χ0n) is 12.6. The normalized spacial score (nSPS) is 20.1. The van der Waals surface area contributed by atoms with Crippen molar-refractivity contribution in [1.82, 2.24) is 4.90 Å². The number of hydrogen-bond acceptors (Lipinski definition) is 3. The molecule has 112 valence electrons. The van der Waals surface area contributed by atoms with Crippen LogP contribution < -0.4 is 9.47 Å². The van der Waals surface area contributed by atoms with E-state index in [0.717, 1.165) is 31.0 Å². The molecule has 1 aromatic rings. The van der Waals surface area contributed by atoms with Gasteiger partial charge in [-0.05, 0) is 51.5 Å². The topological polar surface area (TPSA) is 21.7 Å². The third-order valence-corrected chi connectivity index (χ3v) is 3.25. The SMILES string of the molecule is CC(C)(C)Oc1ccc(OCN2CC[C@H](CF)C2)cc1. The van der Waals surface area contributed by atoms with E-state index in [1.54, 1.807) is 0 Å². The average Bonchev–Trinajstić information content (AvgIpc) is 2.84. The zero-order chi connectivity index (χ0) is 14.6. The van der Waals surface area contributed by atoms with Crippen LogP contribution in [-0.2, 0) is 0 Å². The van der Waals surface area contributed by atoms with Crippen LogP contribution in [0.15, 0.2) is 24.3 Å². The highest BCUT2D eigenvalue weighted by molar-refractivity contribution is 5.31. The van der Waals surface area contributed by atoms with Crippen LogP contribution in [0, 0.1) is 5.92 Å². The van der Waals surface area contributed by atoms with Crippen LogP contribution in [-0.4, -0.2) is 37.0 Å². The predicted octanol–water partition coefficient (Wildman–Crippen LogP) is 3.49. The standard InChI is InChI=1S/C16H24FNO2/c1-16(2,3)20-15-6-4-14(5-7-15)19-12-18-9-8-13(10-17)11-18/h4-7,13H,8-12H2,1-3H3/t13-/m1/s1. The molecular weight excluding hydrogens is 257 g/mol. The molecule has 0 N–H and O–H groups in total. The summed E-state index contributed by atoms with van der Waals surface area (Å²) in [6, 6.07) is 7.64. The number of halogens is 1. The first-order valence-corrected chi connectivity index (χ1v) is 7.16. The lowest BCUT2D eigenvalue weighted by atomic mass is 10.1. The highest BCUT2D eigenvalue weighted by Gasteiger charge is 2.22. The first kappa shape index (κ1) is 15.1. The van der Waals surface area contributed by atoms with Gasteiger partial charge in [0.2, 0.25) is 0 Å². The minimum Gasteiger partial charge on any atom is -0.488 e. The zero-order valence-corrected chi connectivity index (χ0v) is 12.6. The number of ether oxygens (including phenoxy) is 2. The second kappa shape index (κ2) is 6.44. The third-order valence-electron chi connectivity index (χ3n) is 3.25. The van der Waals surface area contributed by atoms with Crippen LogP contribution in [0.1, 0.15) is 27.2 Å².